The van der Waals surface area contributed by atoms with Crippen molar-refractivity contribution in [2.24, 2.45) is 0 Å². The molecule has 1 heterocycles. The number of carbonyl (C=O) groups excluding carboxylic acids is 1. The van der Waals surface area contributed by atoms with E-state index in [0.29, 0.717) is 26.1 Å². The van der Waals surface area contributed by atoms with Gasteiger partial charge in [-0.25, -0.2) is 0 Å². The van der Waals surface area contributed by atoms with E-state index in [0.717, 1.165) is 19.3 Å². The smallest absolute Gasteiger partial charge is 0.237 e. The van der Waals surface area contributed by atoms with Gasteiger partial charge in [-0.1, -0.05) is 24.3 Å². The Bertz CT molecular complexity index is 541. The van der Waals surface area contributed by atoms with Gasteiger partial charge in [0, 0.05) is 19.7 Å². The number of aliphatic hydroxyl groups is 1. The second-order valence-electron chi connectivity index (χ2n) is 6.45. The number of benzene rings is 1. The Balaban J connectivity index is 0.00000208. The summed E-state index contributed by atoms with van der Waals surface area (Å²) in [7, 11) is 0. The molecule has 0 saturated carbocycles. The van der Waals surface area contributed by atoms with E-state index in [1.54, 1.807) is 0 Å². The van der Waals surface area contributed by atoms with Crippen LogP contribution in [0.4, 0.5) is 0 Å². The Morgan fingerprint density at radius 2 is 2.21 bits per heavy atom. The van der Waals surface area contributed by atoms with Gasteiger partial charge in [0.25, 0.3) is 0 Å². The average molecular weight is 355 g/mol. The molecule has 3 N–H and O–H groups in total. The van der Waals surface area contributed by atoms with Crippen LogP contribution in [-0.4, -0.2) is 42.9 Å². The van der Waals surface area contributed by atoms with E-state index in [1.807, 2.05) is 0 Å². The van der Waals surface area contributed by atoms with Crippen LogP contribution in [0.2, 0.25) is 0 Å². The SMILES string of the molecule is Cl.O=C(NCCCOC1CCCc2ccccc21)C1CC(O)CN1. The molecule has 0 spiro atoms. The van der Waals surface area contributed by atoms with Gasteiger partial charge in [0.15, 0.2) is 0 Å². The average Bonchev–Trinajstić information content (AvgIpc) is 3.01. The predicted molar refractivity (Wildman–Crippen MR) is 95.4 cm³/mol. The van der Waals surface area contributed by atoms with Crippen LogP contribution in [0, 0.1) is 0 Å². The number of ether oxygens (including phenoxy) is 1. The number of amides is 1. The number of hydrogen-bond donors (Lipinski definition) is 3. The van der Waals surface area contributed by atoms with Gasteiger partial charge in [0.05, 0.1) is 18.2 Å². The van der Waals surface area contributed by atoms with Crippen molar-refractivity contribution >= 4 is 18.3 Å². The van der Waals surface area contributed by atoms with Crippen molar-refractivity contribution in [3.8, 4) is 0 Å². The van der Waals surface area contributed by atoms with Gasteiger partial charge in [0.2, 0.25) is 5.91 Å². The normalized spacial score (nSPS) is 25.6. The van der Waals surface area contributed by atoms with Crippen LogP contribution in [0.1, 0.15) is 42.9 Å². The molecule has 1 aromatic rings. The summed E-state index contributed by atoms with van der Waals surface area (Å²) in [6.45, 7) is 1.77. The minimum atomic E-state index is -0.402. The largest absolute Gasteiger partial charge is 0.392 e. The molecule has 1 saturated heterocycles. The third-order valence-electron chi connectivity index (χ3n) is 4.68. The van der Waals surface area contributed by atoms with Crippen LogP contribution in [0.5, 0.6) is 0 Å². The maximum absolute atomic E-state index is 11.9. The van der Waals surface area contributed by atoms with Crippen molar-refractivity contribution in [1.82, 2.24) is 10.6 Å². The summed E-state index contributed by atoms with van der Waals surface area (Å²) in [5, 5.41) is 15.3. The van der Waals surface area contributed by atoms with Gasteiger partial charge in [0.1, 0.15) is 0 Å². The number of aryl methyl sites for hydroxylation is 1. The summed E-state index contributed by atoms with van der Waals surface area (Å²) < 4.78 is 6.03. The molecule has 3 unspecified atom stereocenters. The fourth-order valence-corrected chi connectivity index (χ4v) is 3.43. The van der Waals surface area contributed by atoms with Gasteiger partial charge in [-0.2, -0.15) is 0 Å². The van der Waals surface area contributed by atoms with E-state index in [2.05, 4.69) is 34.9 Å². The van der Waals surface area contributed by atoms with Crippen molar-refractivity contribution in [1.29, 1.82) is 0 Å². The van der Waals surface area contributed by atoms with Crippen LogP contribution in [-0.2, 0) is 16.0 Å². The Labute approximate surface area is 149 Å². The Morgan fingerprint density at radius 3 is 3.00 bits per heavy atom. The molecule has 1 aliphatic heterocycles. The molecule has 134 valence electrons. The van der Waals surface area contributed by atoms with Crippen molar-refractivity contribution in [2.75, 3.05) is 19.7 Å². The molecule has 3 rings (SSSR count). The summed E-state index contributed by atoms with van der Waals surface area (Å²) in [5.41, 5.74) is 2.73. The zero-order chi connectivity index (χ0) is 16.1. The standard InChI is InChI=1S/C18H26N2O3.ClH/c21-14-11-16(20-12-14)18(22)19-9-4-10-23-17-8-3-6-13-5-1-2-7-15(13)17;/h1-2,5,7,14,16-17,20-21H,3-4,6,8-12H2,(H,19,22);1H. The molecule has 24 heavy (non-hydrogen) atoms. The molecule has 0 radical (unpaired) electrons. The first kappa shape index (κ1) is 19.2. The minimum absolute atomic E-state index is 0. The van der Waals surface area contributed by atoms with Crippen LogP contribution >= 0.6 is 12.4 Å². The number of fused-ring (bicyclic) bond motifs is 1. The van der Waals surface area contributed by atoms with Crippen molar-refractivity contribution in [3.05, 3.63) is 35.4 Å². The van der Waals surface area contributed by atoms with Crippen molar-refractivity contribution in [2.45, 2.75) is 50.4 Å². The van der Waals surface area contributed by atoms with E-state index in [9.17, 15) is 9.90 Å². The monoisotopic (exact) mass is 354 g/mol. The third-order valence-corrected chi connectivity index (χ3v) is 4.68. The number of rotatable bonds is 6. The van der Waals surface area contributed by atoms with Crippen LogP contribution in [0.25, 0.3) is 0 Å². The molecule has 1 aliphatic carbocycles. The molecule has 6 heteroatoms. The highest BCUT2D eigenvalue weighted by molar-refractivity contribution is 5.85. The molecule has 0 aromatic heterocycles. The molecule has 1 fully saturated rings. The lowest BCUT2D eigenvalue weighted by molar-refractivity contribution is -0.123. The predicted octanol–water partition coefficient (Wildman–Crippen LogP) is 1.73. The molecule has 3 atom stereocenters. The van der Waals surface area contributed by atoms with Crippen molar-refractivity contribution < 1.29 is 14.6 Å². The van der Waals surface area contributed by atoms with Crippen LogP contribution in [0.15, 0.2) is 24.3 Å². The molecule has 2 aliphatic rings. The summed E-state index contributed by atoms with van der Waals surface area (Å²) in [6.07, 6.45) is 4.50. The molecular formula is C18H27ClN2O3. The van der Waals surface area contributed by atoms with Gasteiger partial charge in [-0.3, -0.25) is 4.79 Å². The summed E-state index contributed by atoms with van der Waals surface area (Å²) >= 11 is 0. The fourth-order valence-electron chi connectivity index (χ4n) is 3.43. The quantitative estimate of drug-likeness (QED) is 0.680. The maximum atomic E-state index is 11.9. The van der Waals surface area contributed by atoms with E-state index < -0.39 is 6.10 Å². The summed E-state index contributed by atoms with van der Waals surface area (Å²) in [6, 6.07) is 8.26. The van der Waals surface area contributed by atoms with E-state index in [1.165, 1.54) is 17.5 Å². The number of hydrogen-bond acceptors (Lipinski definition) is 4. The van der Waals surface area contributed by atoms with Gasteiger partial charge in [-0.05, 0) is 43.2 Å². The van der Waals surface area contributed by atoms with Crippen LogP contribution in [0.3, 0.4) is 0 Å². The summed E-state index contributed by atoms with van der Waals surface area (Å²) in [5.74, 6) is -0.0236. The van der Waals surface area contributed by atoms with Crippen LogP contribution < -0.4 is 10.6 Å². The Hall–Kier alpha value is -1.14. The maximum Gasteiger partial charge on any atom is 0.237 e. The first-order valence-electron chi connectivity index (χ1n) is 8.62. The van der Waals surface area contributed by atoms with Gasteiger partial charge >= 0.3 is 0 Å². The first-order valence-corrected chi connectivity index (χ1v) is 8.62. The molecule has 1 aromatic carbocycles. The molecule has 0 bridgehead atoms. The fraction of sp³-hybridized carbons (Fsp3) is 0.611. The number of nitrogens with one attached hydrogen (secondary N) is 2. The number of β-amino-alcohol motifs (C(OH)–C–C–N with tert-alkyl or cyclic N) is 1. The summed E-state index contributed by atoms with van der Waals surface area (Å²) in [4.78, 5) is 11.9. The zero-order valence-electron chi connectivity index (χ0n) is 13.9. The number of aliphatic hydroxyl groups excluding tert-OH is 1. The Morgan fingerprint density at radius 1 is 1.38 bits per heavy atom. The van der Waals surface area contributed by atoms with E-state index >= 15 is 0 Å². The molecular weight excluding hydrogens is 328 g/mol. The van der Waals surface area contributed by atoms with Gasteiger partial charge in [-0.15, -0.1) is 12.4 Å². The highest BCUT2D eigenvalue weighted by atomic mass is 35.5. The van der Waals surface area contributed by atoms with Crippen molar-refractivity contribution in [3.63, 3.8) is 0 Å². The van der Waals surface area contributed by atoms with Gasteiger partial charge < -0.3 is 20.5 Å². The lowest BCUT2D eigenvalue weighted by Gasteiger charge is -2.25. The Kier molecular flexibility index (Phi) is 7.49. The third kappa shape index (κ3) is 4.93. The molecule has 1 amide bonds. The highest BCUT2D eigenvalue weighted by Crippen LogP contribution is 2.32. The molecule has 5 nitrogen and oxygen atoms in total. The zero-order valence-corrected chi connectivity index (χ0v) is 14.7. The van der Waals surface area contributed by atoms with E-state index in [-0.39, 0.29) is 30.5 Å². The second-order valence-corrected chi connectivity index (χ2v) is 6.45. The minimum Gasteiger partial charge on any atom is -0.392 e. The topological polar surface area (TPSA) is 70.6 Å². The highest BCUT2D eigenvalue weighted by Gasteiger charge is 2.27. The number of halogens is 1. The lowest BCUT2D eigenvalue weighted by Crippen LogP contribution is -2.40. The van der Waals surface area contributed by atoms with E-state index in [4.69, 9.17) is 4.74 Å². The second kappa shape index (κ2) is 9.37. The lowest BCUT2D eigenvalue weighted by atomic mass is 9.89. The number of carbonyl (C=O) groups is 1. The first-order chi connectivity index (χ1) is 11.2.